The molecule has 8 aromatic rings. The zero-order chi connectivity index (χ0) is 39.9. The predicted octanol–water partition coefficient (Wildman–Crippen LogP) is 14.4. The van der Waals surface area contributed by atoms with Crippen LogP contribution in [0.1, 0.15) is 99.8 Å². The van der Waals surface area contributed by atoms with Gasteiger partial charge in [0.05, 0.1) is 22.2 Å². The Morgan fingerprint density at radius 3 is 1.84 bits per heavy atom. The highest BCUT2D eigenvalue weighted by atomic mass is 15.1. The molecule has 1 N–H and O–H groups in total. The number of H-pyrrole nitrogens is 1. The van der Waals surface area contributed by atoms with E-state index in [4.69, 9.17) is 9.97 Å². The molecule has 3 aromatic heterocycles. The Kier molecular flexibility index (Phi) is 8.73. The summed E-state index contributed by atoms with van der Waals surface area (Å²) in [4.78, 5) is 14.5. The van der Waals surface area contributed by atoms with Crippen LogP contribution in [-0.4, -0.2) is 19.5 Å². The van der Waals surface area contributed by atoms with E-state index in [-0.39, 0.29) is 21.8 Å². The summed E-state index contributed by atoms with van der Waals surface area (Å²) >= 11 is 0. The summed E-state index contributed by atoms with van der Waals surface area (Å²) in [6, 6.07) is 40.2. The van der Waals surface area contributed by atoms with Gasteiger partial charge in [-0.1, -0.05) is 117 Å². The Labute approximate surface area is 333 Å². The third-order valence-electron chi connectivity index (χ3n) is 11.3. The molecule has 0 spiro atoms. The maximum atomic E-state index is 5.70. The highest BCUT2D eigenvalue weighted by Gasteiger charge is 2.28. The van der Waals surface area contributed by atoms with Gasteiger partial charge < -0.3 is 9.55 Å². The lowest BCUT2D eigenvalue weighted by molar-refractivity contribution is 0.413. The average Bonchev–Trinajstić information content (AvgIpc) is 3.72. The normalized spacial score (nSPS) is 13.0. The zero-order valence-electron chi connectivity index (χ0n) is 35.3. The second-order valence-electron chi connectivity index (χ2n) is 19.8. The van der Waals surface area contributed by atoms with Crippen molar-refractivity contribution in [2.75, 3.05) is 0 Å². The van der Waals surface area contributed by atoms with Gasteiger partial charge in [-0.25, -0.2) is 4.98 Å². The maximum Gasteiger partial charge on any atom is 0.143 e. The van der Waals surface area contributed by atoms with E-state index in [1.165, 1.54) is 33.0 Å². The third kappa shape index (κ3) is 6.74. The molecule has 0 aliphatic rings. The van der Waals surface area contributed by atoms with Gasteiger partial charge in [-0.05, 0) is 125 Å². The van der Waals surface area contributed by atoms with Crippen LogP contribution >= 0.6 is 0 Å². The molecular weight excluding hydrogens is 681 g/mol. The molecule has 3 heterocycles. The Bertz CT molecular complexity index is 2770. The van der Waals surface area contributed by atoms with Crippen LogP contribution in [0.25, 0.3) is 77.7 Å². The molecule has 0 amide bonds. The van der Waals surface area contributed by atoms with Gasteiger partial charge in [0.1, 0.15) is 5.82 Å². The molecule has 0 radical (unpaired) electrons. The summed E-state index contributed by atoms with van der Waals surface area (Å²) < 4.78 is 2.46. The molecule has 56 heavy (non-hydrogen) atoms. The molecule has 8 rings (SSSR count). The number of para-hydroxylation sites is 1. The molecule has 0 aliphatic heterocycles. The molecule has 0 atom stereocenters. The molecule has 0 bridgehead atoms. The molecule has 5 aromatic carbocycles. The van der Waals surface area contributed by atoms with Crippen molar-refractivity contribution in [2.24, 2.45) is 0 Å². The molecule has 0 fully saturated rings. The number of nitrogens with zero attached hydrogens (tertiary/aromatic N) is 3. The summed E-state index contributed by atoms with van der Waals surface area (Å²) in [5.41, 5.74) is 15.7. The molecule has 0 saturated carbocycles. The number of rotatable bonds is 4. The van der Waals surface area contributed by atoms with Crippen molar-refractivity contribution in [1.29, 1.82) is 0 Å². The van der Waals surface area contributed by atoms with Crippen LogP contribution in [0.2, 0.25) is 0 Å². The number of fused-ring (bicyclic) bond motifs is 4. The Morgan fingerprint density at radius 1 is 0.500 bits per heavy atom. The van der Waals surface area contributed by atoms with E-state index in [1.807, 2.05) is 6.20 Å². The Hall–Kier alpha value is -5.48. The van der Waals surface area contributed by atoms with Gasteiger partial charge in [0.25, 0.3) is 0 Å². The standard InChI is InChI=1S/C52H56N4/c1-49(2,3)36-21-22-43-40(29-36)41-30-38(51(7,8)9)31-42(46(41)54-43)48-55-47-39(19-16-20-45(47)56(48)52(10,11)12)34-25-35(27-37(26-34)50(4,5)6)44-28-33(23-24-53-44)32-17-14-13-15-18-32/h13-31,54H,1-12H3. The fraction of sp³-hybridized carbons (Fsp3) is 0.308. The van der Waals surface area contributed by atoms with Crippen LogP contribution in [-0.2, 0) is 21.8 Å². The van der Waals surface area contributed by atoms with Crippen molar-refractivity contribution < 1.29 is 0 Å². The van der Waals surface area contributed by atoms with Crippen molar-refractivity contribution >= 4 is 32.8 Å². The first kappa shape index (κ1) is 37.4. The van der Waals surface area contributed by atoms with Crippen molar-refractivity contribution in [3.8, 4) is 44.9 Å². The minimum atomic E-state index is -0.252. The summed E-state index contributed by atoms with van der Waals surface area (Å²) in [6.45, 7) is 27.5. The molecular formula is C52H56N4. The first-order valence-electron chi connectivity index (χ1n) is 20.1. The van der Waals surface area contributed by atoms with Gasteiger partial charge in [-0.2, -0.15) is 0 Å². The summed E-state index contributed by atoms with van der Waals surface area (Å²) in [5.74, 6) is 0.975. The lowest BCUT2D eigenvalue weighted by atomic mass is 9.83. The number of pyridine rings is 1. The average molecular weight is 737 g/mol. The fourth-order valence-electron chi connectivity index (χ4n) is 8.03. The monoisotopic (exact) mass is 736 g/mol. The quantitative estimate of drug-likeness (QED) is 0.196. The number of aromatic amines is 1. The van der Waals surface area contributed by atoms with Crippen LogP contribution in [0.15, 0.2) is 115 Å². The van der Waals surface area contributed by atoms with Gasteiger partial charge in [0.2, 0.25) is 0 Å². The highest BCUT2D eigenvalue weighted by molar-refractivity contribution is 6.12. The van der Waals surface area contributed by atoms with E-state index in [9.17, 15) is 0 Å². The largest absolute Gasteiger partial charge is 0.354 e. The maximum absolute atomic E-state index is 5.70. The molecule has 0 unspecified atom stereocenters. The number of hydrogen-bond donors (Lipinski definition) is 1. The summed E-state index contributed by atoms with van der Waals surface area (Å²) in [7, 11) is 0. The van der Waals surface area contributed by atoms with E-state index in [0.717, 1.165) is 61.4 Å². The lowest BCUT2D eigenvalue weighted by Gasteiger charge is -2.26. The van der Waals surface area contributed by atoms with Crippen LogP contribution in [0.4, 0.5) is 0 Å². The molecule has 4 heteroatoms. The van der Waals surface area contributed by atoms with E-state index in [2.05, 4.69) is 202 Å². The van der Waals surface area contributed by atoms with E-state index in [1.54, 1.807) is 0 Å². The van der Waals surface area contributed by atoms with Crippen LogP contribution in [0, 0.1) is 0 Å². The lowest BCUT2D eigenvalue weighted by Crippen LogP contribution is -2.23. The van der Waals surface area contributed by atoms with Gasteiger partial charge in [-0.3, -0.25) is 4.98 Å². The fourth-order valence-corrected chi connectivity index (χ4v) is 8.03. The number of hydrogen-bond acceptors (Lipinski definition) is 2. The van der Waals surface area contributed by atoms with Crippen LogP contribution in [0.5, 0.6) is 0 Å². The van der Waals surface area contributed by atoms with Crippen molar-refractivity contribution in [3.05, 3.63) is 132 Å². The Morgan fingerprint density at radius 2 is 1.16 bits per heavy atom. The molecule has 0 aliphatic carbocycles. The first-order valence-corrected chi connectivity index (χ1v) is 20.1. The number of imidazole rings is 1. The van der Waals surface area contributed by atoms with Gasteiger partial charge in [-0.15, -0.1) is 0 Å². The number of aromatic nitrogens is 4. The van der Waals surface area contributed by atoms with Gasteiger partial charge in [0, 0.05) is 44.7 Å². The third-order valence-corrected chi connectivity index (χ3v) is 11.3. The molecule has 0 saturated heterocycles. The van der Waals surface area contributed by atoms with Crippen molar-refractivity contribution in [2.45, 2.75) is 105 Å². The topological polar surface area (TPSA) is 46.5 Å². The number of benzene rings is 5. The zero-order valence-corrected chi connectivity index (χ0v) is 35.3. The Balaban J connectivity index is 1.40. The van der Waals surface area contributed by atoms with E-state index < -0.39 is 0 Å². The van der Waals surface area contributed by atoms with Gasteiger partial charge in [0.15, 0.2) is 0 Å². The second kappa shape index (κ2) is 13.0. The molecule has 4 nitrogen and oxygen atoms in total. The van der Waals surface area contributed by atoms with Crippen LogP contribution < -0.4 is 0 Å². The number of nitrogens with one attached hydrogen (secondary N) is 1. The van der Waals surface area contributed by atoms with Crippen molar-refractivity contribution in [3.63, 3.8) is 0 Å². The van der Waals surface area contributed by atoms with E-state index in [0.29, 0.717) is 0 Å². The molecule has 284 valence electrons. The van der Waals surface area contributed by atoms with Crippen LogP contribution in [0.3, 0.4) is 0 Å². The minimum Gasteiger partial charge on any atom is -0.354 e. The predicted molar refractivity (Wildman–Crippen MR) is 240 cm³/mol. The second-order valence-corrected chi connectivity index (χ2v) is 19.8. The smallest absolute Gasteiger partial charge is 0.143 e. The van der Waals surface area contributed by atoms with Gasteiger partial charge >= 0.3 is 0 Å². The first-order chi connectivity index (χ1) is 26.3. The summed E-state index contributed by atoms with van der Waals surface area (Å²) in [5, 5.41) is 2.50. The highest BCUT2D eigenvalue weighted by Crippen LogP contribution is 2.43. The summed E-state index contributed by atoms with van der Waals surface area (Å²) in [6.07, 6.45) is 1.93. The van der Waals surface area contributed by atoms with E-state index >= 15 is 0 Å². The minimum absolute atomic E-state index is 0.0454. The van der Waals surface area contributed by atoms with Crippen molar-refractivity contribution in [1.82, 2.24) is 19.5 Å². The SMILES string of the molecule is CC(C)(C)c1cc(-c2cc(-c3ccccc3)ccn2)cc(-c2cccc3c2nc(-c2cc(C(C)(C)C)cc4c2[nH]c2ccc(C(C)(C)C)cc24)n3C(C)(C)C)c1.